The Balaban J connectivity index is 1.30. The maximum Gasteiger partial charge on any atom is 0.273 e. The number of rotatable bonds is 11. The molecule has 2 amide bonds. The molecule has 1 aromatic heterocycles. The Kier molecular flexibility index (Phi) is 9.21. The summed E-state index contributed by atoms with van der Waals surface area (Å²) < 4.78 is 10.7. The van der Waals surface area contributed by atoms with Crippen LogP contribution >= 0.6 is 0 Å². The van der Waals surface area contributed by atoms with E-state index in [-0.39, 0.29) is 23.6 Å². The van der Waals surface area contributed by atoms with Crippen molar-refractivity contribution in [2.24, 2.45) is 5.92 Å². The monoisotopic (exact) mass is 481 g/mol. The second-order valence-electron chi connectivity index (χ2n) is 10.0. The number of hydrogen-bond acceptors (Lipinski definition) is 5. The number of carbonyl (C=O) groups excluding carboxylic acids is 2. The maximum absolute atomic E-state index is 13.2. The first-order chi connectivity index (χ1) is 17.1. The van der Waals surface area contributed by atoms with E-state index in [2.05, 4.69) is 10.5 Å². The van der Waals surface area contributed by atoms with Crippen LogP contribution in [0.5, 0.6) is 5.75 Å². The van der Waals surface area contributed by atoms with Gasteiger partial charge in [-0.2, -0.15) is 0 Å². The Morgan fingerprint density at radius 2 is 1.77 bits per heavy atom. The summed E-state index contributed by atoms with van der Waals surface area (Å²) >= 11 is 0. The van der Waals surface area contributed by atoms with Crippen molar-refractivity contribution in [1.29, 1.82) is 0 Å². The molecule has 1 heterocycles. The molecule has 1 N–H and O–H groups in total. The molecule has 190 valence electrons. The molecule has 2 saturated carbocycles. The van der Waals surface area contributed by atoms with Crippen molar-refractivity contribution < 1.29 is 18.8 Å². The van der Waals surface area contributed by atoms with E-state index in [9.17, 15) is 9.59 Å². The fourth-order valence-corrected chi connectivity index (χ4v) is 5.45. The lowest BCUT2D eigenvalue weighted by atomic mass is 9.93. The average Bonchev–Trinajstić information content (AvgIpc) is 3.59. The van der Waals surface area contributed by atoms with Gasteiger partial charge in [-0.3, -0.25) is 9.59 Å². The molecular weight excluding hydrogens is 442 g/mol. The lowest BCUT2D eigenvalue weighted by Gasteiger charge is -2.34. The molecule has 0 atom stereocenters. The van der Waals surface area contributed by atoms with Gasteiger partial charge in [-0.25, -0.2) is 0 Å². The van der Waals surface area contributed by atoms with Crippen LogP contribution in [0.2, 0.25) is 0 Å². The van der Waals surface area contributed by atoms with Crippen LogP contribution in [0.3, 0.4) is 0 Å². The van der Waals surface area contributed by atoms with Crippen LogP contribution in [-0.4, -0.2) is 41.6 Å². The predicted octanol–water partition coefficient (Wildman–Crippen LogP) is 5.29. The van der Waals surface area contributed by atoms with E-state index in [1.165, 1.54) is 32.1 Å². The van der Waals surface area contributed by atoms with Gasteiger partial charge < -0.3 is 19.5 Å². The van der Waals surface area contributed by atoms with Crippen molar-refractivity contribution in [3.63, 3.8) is 0 Å². The molecule has 7 nitrogen and oxygen atoms in total. The molecule has 2 aliphatic carbocycles. The number of hydrogen-bond donors (Lipinski definition) is 1. The fraction of sp³-hybridized carbons (Fsp3) is 0.607. The SMILES string of the molecule is COc1ccc(CCNC(=O)c2cc(CN(C(=O)CCC3CCCC3)C3CCCCC3)on2)cc1. The molecule has 0 unspecified atom stereocenters. The summed E-state index contributed by atoms with van der Waals surface area (Å²) in [4.78, 5) is 27.8. The molecule has 0 radical (unpaired) electrons. The number of nitrogens with zero attached hydrogens (tertiary/aromatic N) is 2. The molecule has 0 bridgehead atoms. The summed E-state index contributed by atoms with van der Waals surface area (Å²) in [6.07, 6.45) is 13.1. The molecule has 0 saturated heterocycles. The normalized spacial score (nSPS) is 16.8. The van der Waals surface area contributed by atoms with E-state index in [0.717, 1.165) is 43.4 Å². The summed E-state index contributed by atoms with van der Waals surface area (Å²) in [5.74, 6) is 2.04. The molecule has 1 aromatic carbocycles. The topological polar surface area (TPSA) is 84.7 Å². The van der Waals surface area contributed by atoms with Crippen LogP contribution < -0.4 is 10.1 Å². The van der Waals surface area contributed by atoms with Gasteiger partial charge in [0.05, 0.1) is 13.7 Å². The number of amides is 2. The van der Waals surface area contributed by atoms with Gasteiger partial charge in [-0.1, -0.05) is 62.2 Å². The zero-order valence-electron chi connectivity index (χ0n) is 21.0. The summed E-state index contributed by atoms with van der Waals surface area (Å²) in [7, 11) is 1.64. The van der Waals surface area contributed by atoms with Crippen molar-refractivity contribution in [2.45, 2.75) is 89.6 Å². The van der Waals surface area contributed by atoms with E-state index >= 15 is 0 Å². The van der Waals surface area contributed by atoms with Gasteiger partial charge in [-0.15, -0.1) is 0 Å². The van der Waals surface area contributed by atoms with Crippen molar-refractivity contribution >= 4 is 11.8 Å². The molecule has 2 aromatic rings. The van der Waals surface area contributed by atoms with Crippen molar-refractivity contribution in [1.82, 2.24) is 15.4 Å². The zero-order chi connectivity index (χ0) is 24.5. The molecule has 2 fully saturated rings. The van der Waals surface area contributed by atoms with Gasteiger partial charge in [0.25, 0.3) is 5.91 Å². The second kappa shape index (κ2) is 12.8. The Morgan fingerprint density at radius 1 is 1.06 bits per heavy atom. The second-order valence-corrected chi connectivity index (χ2v) is 10.0. The number of ether oxygens (including phenoxy) is 1. The third-order valence-corrected chi connectivity index (χ3v) is 7.55. The predicted molar refractivity (Wildman–Crippen MR) is 134 cm³/mol. The lowest BCUT2D eigenvalue weighted by molar-refractivity contribution is -0.135. The number of carbonyl (C=O) groups is 2. The van der Waals surface area contributed by atoms with Crippen molar-refractivity contribution in [3.8, 4) is 5.75 Å². The van der Waals surface area contributed by atoms with E-state index < -0.39 is 0 Å². The number of aromatic nitrogens is 1. The third kappa shape index (κ3) is 7.33. The minimum atomic E-state index is -0.259. The van der Waals surface area contributed by atoms with Gasteiger partial charge in [0.1, 0.15) is 5.75 Å². The number of methoxy groups -OCH3 is 1. The van der Waals surface area contributed by atoms with Gasteiger partial charge in [0.15, 0.2) is 11.5 Å². The highest BCUT2D eigenvalue weighted by Crippen LogP contribution is 2.30. The van der Waals surface area contributed by atoms with Crippen molar-refractivity contribution in [3.05, 3.63) is 47.3 Å². The summed E-state index contributed by atoms with van der Waals surface area (Å²) in [6, 6.07) is 9.74. The fourth-order valence-electron chi connectivity index (χ4n) is 5.45. The first-order valence-corrected chi connectivity index (χ1v) is 13.3. The molecule has 0 aliphatic heterocycles. The zero-order valence-corrected chi connectivity index (χ0v) is 21.0. The molecule has 35 heavy (non-hydrogen) atoms. The standard InChI is InChI=1S/C28H39N3O4/c1-34-24-14-11-22(12-15-24)17-18-29-28(33)26-19-25(35-30-26)20-31(23-9-3-2-4-10-23)27(32)16-13-21-7-5-6-8-21/h11-12,14-15,19,21,23H,2-10,13,16-18,20H2,1H3,(H,29,33). The average molecular weight is 482 g/mol. The summed E-state index contributed by atoms with van der Waals surface area (Å²) in [6.45, 7) is 0.890. The van der Waals surface area contributed by atoms with E-state index in [1.807, 2.05) is 29.2 Å². The molecule has 0 spiro atoms. The van der Waals surface area contributed by atoms with E-state index in [0.29, 0.717) is 37.6 Å². The molecular formula is C28H39N3O4. The van der Waals surface area contributed by atoms with Gasteiger partial charge in [-0.05, 0) is 49.3 Å². The number of benzene rings is 1. The Morgan fingerprint density at radius 3 is 2.49 bits per heavy atom. The van der Waals surface area contributed by atoms with Crippen LogP contribution in [0, 0.1) is 5.92 Å². The Bertz CT molecular complexity index is 943. The smallest absolute Gasteiger partial charge is 0.273 e. The lowest BCUT2D eigenvalue weighted by Crippen LogP contribution is -2.41. The van der Waals surface area contributed by atoms with Crippen LogP contribution in [0.1, 0.15) is 92.4 Å². The van der Waals surface area contributed by atoms with Crippen LogP contribution in [0.25, 0.3) is 0 Å². The van der Waals surface area contributed by atoms with E-state index in [4.69, 9.17) is 9.26 Å². The first kappa shape index (κ1) is 25.3. The molecule has 4 rings (SSSR count). The third-order valence-electron chi connectivity index (χ3n) is 7.55. The summed E-state index contributed by atoms with van der Waals surface area (Å²) in [5.41, 5.74) is 1.38. The largest absolute Gasteiger partial charge is 0.497 e. The first-order valence-electron chi connectivity index (χ1n) is 13.3. The van der Waals surface area contributed by atoms with Gasteiger partial charge >= 0.3 is 0 Å². The Labute approximate surface area is 208 Å². The van der Waals surface area contributed by atoms with Crippen LogP contribution in [0.4, 0.5) is 0 Å². The van der Waals surface area contributed by atoms with Gasteiger partial charge in [0, 0.05) is 25.1 Å². The highest BCUT2D eigenvalue weighted by Gasteiger charge is 2.28. The van der Waals surface area contributed by atoms with Gasteiger partial charge in [0.2, 0.25) is 5.91 Å². The van der Waals surface area contributed by atoms with Crippen molar-refractivity contribution in [2.75, 3.05) is 13.7 Å². The Hall–Kier alpha value is -2.83. The minimum absolute atomic E-state index is 0.214. The highest BCUT2D eigenvalue weighted by molar-refractivity contribution is 5.92. The minimum Gasteiger partial charge on any atom is -0.497 e. The molecule has 2 aliphatic rings. The van der Waals surface area contributed by atoms with E-state index in [1.54, 1.807) is 13.2 Å². The molecule has 7 heteroatoms. The summed E-state index contributed by atoms with van der Waals surface area (Å²) in [5, 5.41) is 6.90. The maximum atomic E-state index is 13.2. The number of nitrogens with one attached hydrogen (secondary N) is 1. The van der Waals surface area contributed by atoms with Crippen LogP contribution in [0.15, 0.2) is 34.9 Å². The quantitative estimate of drug-likeness (QED) is 0.472. The highest BCUT2D eigenvalue weighted by atomic mass is 16.5. The van der Waals surface area contributed by atoms with Crippen LogP contribution in [-0.2, 0) is 17.8 Å².